The highest BCUT2D eigenvalue weighted by atomic mass is 32.1. The van der Waals surface area contributed by atoms with Gasteiger partial charge in [0.05, 0.1) is 23.2 Å². The van der Waals surface area contributed by atoms with Crippen LogP contribution < -0.4 is 14.9 Å². The number of fused-ring (bicyclic) bond motifs is 1. The van der Waals surface area contributed by atoms with E-state index in [2.05, 4.69) is 15.4 Å². The van der Waals surface area contributed by atoms with Crippen molar-refractivity contribution in [3.05, 3.63) is 63.8 Å². The Balaban J connectivity index is 1.79. The molecule has 0 aliphatic carbocycles. The van der Waals surface area contributed by atoms with Crippen LogP contribution >= 0.6 is 11.3 Å². The number of halogens is 3. The summed E-state index contributed by atoms with van der Waals surface area (Å²) in [6, 6.07) is 10.5. The van der Waals surface area contributed by atoms with Crippen LogP contribution in [0.1, 0.15) is 18.1 Å². The fourth-order valence-electron chi connectivity index (χ4n) is 3.08. The molecule has 6 nitrogen and oxygen atoms in total. The number of hydrogen-bond acceptors (Lipinski definition) is 5. The van der Waals surface area contributed by atoms with E-state index in [-0.39, 0.29) is 18.1 Å². The Bertz CT molecular complexity index is 1230. The molecule has 0 bridgehead atoms. The Kier molecular flexibility index (Phi) is 5.64. The molecular formula is C21H17F3N4O2S. The number of nitrogens with zero attached hydrogens (tertiary/aromatic N) is 3. The summed E-state index contributed by atoms with van der Waals surface area (Å²) in [7, 11) is 0. The van der Waals surface area contributed by atoms with Crippen molar-refractivity contribution < 1.29 is 22.7 Å². The molecule has 0 saturated carbocycles. The molecule has 0 radical (unpaired) electrons. The van der Waals surface area contributed by atoms with Crippen molar-refractivity contribution in [1.29, 1.82) is 0 Å². The first-order valence-electron chi connectivity index (χ1n) is 9.35. The lowest BCUT2D eigenvalue weighted by Gasteiger charge is -2.18. The third-order valence-electron chi connectivity index (χ3n) is 4.47. The van der Waals surface area contributed by atoms with E-state index in [1.165, 1.54) is 40.4 Å². The van der Waals surface area contributed by atoms with Gasteiger partial charge in [0.1, 0.15) is 5.75 Å². The molecule has 1 aliphatic rings. The second kappa shape index (κ2) is 8.38. The summed E-state index contributed by atoms with van der Waals surface area (Å²) < 4.78 is 46.8. The van der Waals surface area contributed by atoms with Crippen molar-refractivity contribution in [2.24, 2.45) is 10.1 Å². The number of aromatic nitrogens is 1. The minimum atomic E-state index is -4.49. The summed E-state index contributed by atoms with van der Waals surface area (Å²) in [5.41, 5.74) is 1.04. The van der Waals surface area contributed by atoms with Crippen LogP contribution in [0.15, 0.2) is 57.9 Å². The molecule has 2 aromatic carbocycles. The lowest BCUT2D eigenvalue weighted by atomic mass is 10.1. The number of alkyl halides is 3. The van der Waals surface area contributed by atoms with Crippen LogP contribution in [0, 0.1) is 0 Å². The van der Waals surface area contributed by atoms with E-state index < -0.39 is 11.7 Å². The largest absolute Gasteiger partial charge is 0.482 e. The number of amides is 1. The Morgan fingerprint density at radius 1 is 1.26 bits per heavy atom. The van der Waals surface area contributed by atoms with E-state index in [0.717, 1.165) is 6.07 Å². The van der Waals surface area contributed by atoms with Gasteiger partial charge in [-0.1, -0.05) is 18.2 Å². The minimum absolute atomic E-state index is 0.0480. The van der Waals surface area contributed by atoms with E-state index in [4.69, 9.17) is 4.74 Å². The zero-order valence-electron chi connectivity index (χ0n) is 16.3. The highest BCUT2D eigenvalue weighted by Crippen LogP contribution is 2.33. The fraction of sp³-hybridized carbons (Fsp3) is 0.190. The molecule has 0 atom stereocenters. The van der Waals surface area contributed by atoms with Crippen LogP contribution in [0.25, 0.3) is 11.3 Å². The zero-order valence-corrected chi connectivity index (χ0v) is 17.1. The molecule has 1 aliphatic heterocycles. The minimum Gasteiger partial charge on any atom is -0.482 e. The fourth-order valence-corrected chi connectivity index (χ4v) is 3.98. The van der Waals surface area contributed by atoms with E-state index in [9.17, 15) is 18.0 Å². The topological polar surface area (TPSA) is 68.0 Å². The SMILES string of the molecule is CCN=c1scc(-c2ccc3c(c2)NC(=O)CO3)n1/N=C/c1ccccc1C(F)(F)F. The maximum absolute atomic E-state index is 13.3. The quantitative estimate of drug-likeness (QED) is 0.605. The van der Waals surface area contributed by atoms with E-state index in [0.29, 0.717) is 34.0 Å². The van der Waals surface area contributed by atoms with Gasteiger partial charge in [0.15, 0.2) is 6.61 Å². The lowest BCUT2D eigenvalue weighted by Crippen LogP contribution is -2.25. The number of ether oxygens (including phenoxy) is 1. The molecule has 1 N–H and O–H groups in total. The van der Waals surface area contributed by atoms with Crippen molar-refractivity contribution in [3.63, 3.8) is 0 Å². The number of anilines is 1. The van der Waals surface area contributed by atoms with Crippen LogP contribution in [-0.2, 0) is 11.0 Å². The van der Waals surface area contributed by atoms with Crippen molar-refractivity contribution in [1.82, 2.24) is 4.68 Å². The van der Waals surface area contributed by atoms with Gasteiger partial charge >= 0.3 is 6.18 Å². The molecule has 160 valence electrons. The number of thiazole rings is 1. The number of nitrogens with one attached hydrogen (secondary N) is 1. The molecular weight excluding hydrogens is 429 g/mol. The maximum atomic E-state index is 13.3. The molecule has 1 aromatic heterocycles. The second-order valence-corrected chi connectivity index (χ2v) is 7.40. The first-order chi connectivity index (χ1) is 14.9. The van der Waals surface area contributed by atoms with Crippen LogP contribution in [-0.4, -0.2) is 29.9 Å². The number of carbonyl (C=O) groups is 1. The summed E-state index contributed by atoms with van der Waals surface area (Å²) in [6.07, 6.45) is -3.31. The normalized spacial score (nSPS) is 14.5. The van der Waals surface area contributed by atoms with E-state index >= 15 is 0 Å². The van der Waals surface area contributed by atoms with E-state index in [1.807, 2.05) is 12.3 Å². The summed E-state index contributed by atoms with van der Waals surface area (Å²) in [6.45, 7) is 2.30. The van der Waals surface area contributed by atoms with Gasteiger partial charge in [0.25, 0.3) is 5.91 Å². The molecule has 0 spiro atoms. The zero-order chi connectivity index (χ0) is 22.0. The second-order valence-electron chi connectivity index (χ2n) is 6.57. The third kappa shape index (κ3) is 4.38. The molecule has 3 aromatic rings. The van der Waals surface area contributed by atoms with Gasteiger partial charge in [0, 0.05) is 23.1 Å². The van der Waals surface area contributed by atoms with Crippen molar-refractivity contribution in [2.45, 2.75) is 13.1 Å². The summed E-state index contributed by atoms with van der Waals surface area (Å²) in [5, 5.41) is 8.88. The molecule has 1 amide bonds. The van der Waals surface area contributed by atoms with Crippen molar-refractivity contribution in [2.75, 3.05) is 18.5 Å². The highest BCUT2D eigenvalue weighted by molar-refractivity contribution is 7.07. The maximum Gasteiger partial charge on any atom is 0.417 e. The average molecular weight is 446 g/mol. The van der Waals surface area contributed by atoms with Crippen LogP contribution in [0.4, 0.5) is 18.9 Å². The van der Waals surface area contributed by atoms with Gasteiger partial charge in [0.2, 0.25) is 4.80 Å². The average Bonchev–Trinajstić information content (AvgIpc) is 3.14. The Morgan fingerprint density at radius 2 is 2.06 bits per heavy atom. The summed E-state index contributed by atoms with van der Waals surface area (Å²) in [4.78, 5) is 16.6. The van der Waals surface area contributed by atoms with Crippen molar-refractivity contribution >= 4 is 29.1 Å². The van der Waals surface area contributed by atoms with Gasteiger partial charge in [-0.05, 0) is 31.2 Å². The molecule has 2 heterocycles. The Morgan fingerprint density at radius 3 is 2.84 bits per heavy atom. The summed E-state index contributed by atoms with van der Waals surface area (Å²) in [5.74, 6) is 0.289. The smallest absolute Gasteiger partial charge is 0.417 e. The molecule has 31 heavy (non-hydrogen) atoms. The number of hydrogen-bond donors (Lipinski definition) is 1. The molecule has 0 saturated heterocycles. The third-order valence-corrected chi connectivity index (χ3v) is 5.32. The lowest BCUT2D eigenvalue weighted by molar-refractivity contribution is -0.137. The van der Waals surface area contributed by atoms with Gasteiger partial charge in [-0.15, -0.1) is 11.3 Å². The first kappa shape index (κ1) is 20.9. The molecule has 0 fully saturated rings. The van der Waals surface area contributed by atoms with E-state index in [1.54, 1.807) is 18.2 Å². The van der Waals surface area contributed by atoms with Gasteiger partial charge in [-0.25, -0.2) is 4.68 Å². The first-order valence-corrected chi connectivity index (χ1v) is 10.2. The molecule has 0 unspecified atom stereocenters. The van der Waals surface area contributed by atoms with Crippen LogP contribution in [0.5, 0.6) is 5.75 Å². The molecule has 10 heteroatoms. The van der Waals surface area contributed by atoms with Crippen molar-refractivity contribution in [3.8, 4) is 17.0 Å². The standard InChI is InChI=1S/C21H17F3N4O2S/c1-2-25-20-28(26-10-14-5-3-4-6-15(14)21(22,23)24)17(12-31-20)13-7-8-18-16(9-13)27-19(29)11-30-18/h3-10,12H,2,11H2,1H3,(H,27,29)/b25-20?,26-10+. The monoisotopic (exact) mass is 446 g/mol. The number of carbonyl (C=O) groups excluding carboxylic acids is 1. The number of benzene rings is 2. The Hall–Kier alpha value is -3.40. The highest BCUT2D eigenvalue weighted by Gasteiger charge is 2.32. The Labute approximate surface area is 179 Å². The van der Waals surface area contributed by atoms with Gasteiger partial charge < -0.3 is 10.1 Å². The van der Waals surface area contributed by atoms with Crippen LogP contribution in [0.3, 0.4) is 0 Å². The van der Waals surface area contributed by atoms with Crippen LogP contribution in [0.2, 0.25) is 0 Å². The number of rotatable bonds is 4. The van der Waals surface area contributed by atoms with Gasteiger partial charge in [-0.2, -0.15) is 18.3 Å². The van der Waals surface area contributed by atoms with Gasteiger partial charge in [-0.3, -0.25) is 9.79 Å². The predicted molar refractivity (Wildman–Crippen MR) is 112 cm³/mol. The summed E-state index contributed by atoms with van der Waals surface area (Å²) >= 11 is 1.32. The predicted octanol–water partition coefficient (Wildman–Crippen LogP) is 4.37. The molecule has 4 rings (SSSR count).